The Labute approximate surface area is 183 Å². The molecular formula is C18H16F2N10O3. The standard InChI is InChI=1S/C18H16F2N10O3/c1-29-25-16(23-27-29)9-4-14(20)18(22-7-9)33-11-2-3-12(13(19)6-11)17-24-28-30(26-17)8-10(21)5-15(31)32/h2-4,6-7,10H,5,8,21H2,1H3,(H,31,32). The molecule has 4 rings (SSSR count). The first kappa shape index (κ1) is 21.8. The van der Waals surface area contributed by atoms with E-state index >= 15 is 0 Å². The van der Waals surface area contributed by atoms with Crippen molar-refractivity contribution in [2.75, 3.05) is 0 Å². The van der Waals surface area contributed by atoms with Crippen LogP contribution in [0.4, 0.5) is 8.78 Å². The van der Waals surface area contributed by atoms with Crippen LogP contribution in [0.15, 0.2) is 30.5 Å². The third-order valence-corrected chi connectivity index (χ3v) is 4.26. The summed E-state index contributed by atoms with van der Waals surface area (Å²) in [7, 11) is 1.57. The van der Waals surface area contributed by atoms with E-state index in [0.717, 1.165) is 16.9 Å². The van der Waals surface area contributed by atoms with Gasteiger partial charge >= 0.3 is 5.97 Å². The van der Waals surface area contributed by atoms with Gasteiger partial charge < -0.3 is 15.6 Å². The molecule has 33 heavy (non-hydrogen) atoms. The maximum absolute atomic E-state index is 14.6. The number of nitrogens with two attached hydrogens (primary N) is 1. The number of rotatable bonds is 8. The quantitative estimate of drug-likeness (QED) is 0.382. The molecule has 3 heterocycles. The van der Waals surface area contributed by atoms with E-state index < -0.39 is 23.6 Å². The molecule has 0 aliphatic carbocycles. The number of carboxylic acids is 1. The van der Waals surface area contributed by atoms with Crippen LogP contribution in [0, 0.1) is 11.6 Å². The lowest BCUT2D eigenvalue weighted by Crippen LogP contribution is -2.30. The van der Waals surface area contributed by atoms with Crippen LogP contribution in [0.2, 0.25) is 0 Å². The fourth-order valence-electron chi connectivity index (χ4n) is 2.80. The van der Waals surface area contributed by atoms with Crippen molar-refractivity contribution >= 4 is 5.97 Å². The van der Waals surface area contributed by atoms with E-state index in [1.165, 1.54) is 23.1 Å². The zero-order chi connectivity index (χ0) is 23.5. The minimum atomic E-state index is -1.06. The summed E-state index contributed by atoms with van der Waals surface area (Å²) in [4.78, 5) is 16.9. The number of aryl methyl sites for hydroxylation is 1. The van der Waals surface area contributed by atoms with Crippen molar-refractivity contribution in [2.45, 2.75) is 19.0 Å². The summed E-state index contributed by atoms with van der Waals surface area (Å²) in [6.07, 6.45) is 1.02. The highest BCUT2D eigenvalue weighted by Crippen LogP contribution is 2.28. The molecule has 0 saturated heterocycles. The smallest absolute Gasteiger partial charge is 0.304 e. The summed E-state index contributed by atoms with van der Waals surface area (Å²) >= 11 is 0. The molecule has 1 aromatic carbocycles. The average Bonchev–Trinajstić information content (AvgIpc) is 3.38. The number of benzene rings is 1. The Balaban J connectivity index is 1.48. The maximum atomic E-state index is 14.6. The second kappa shape index (κ2) is 8.99. The van der Waals surface area contributed by atoms with Gasteiger partial charge in [-0.2, -0.15) is 9.59 Å². The van der Waals surface area contributed by atoms with E-state index in [1.807, 2.05) is 0 Å². The number of tetrazole rings is 2. The Morgan fingerprint density at radius 3 is 2.61 bits per heavy atom. The lowest BCUT2D eigenvalue weighted by atomic mass is 10.2. The van der Waals surface area contributed by atoms with E-state index in [4.69, 9.17) is 15.6 Å². The molecule has 0 fully saturated rings. The Morgan fingerprint density at radius 2 is 1.94 bits per heavy atom. The highest BCUT2D eigenvalue weighted by atomic mass is 19.1. The minimum Gasteiger partial charge on any atom is -0.481 e. The molecule has 4 aromatic rings. The third-order valence-electron chi connectivity index (χ3n) is 4.26. The number of aliphatic carboxylic acids is 1. The molecule has 13 nitrogen and oxygen atoms in total. The fraction of sp³-hybridized carbons (Fsp3) is 0.222. The first-order chi connectivity index (χ1) is 15.8. The Bertz CT molecular complexity index is 1310. The van der Waals surface area contributed by atoms with Crippen molar-refractivity contribution in [3.8, 4) is 34.4 Å². The van der Waals surface area contributed by atoms with Gasteiger partial charge in [-0.1, -0.05) is 0 Å². The lowest BCUT2D eigenvalue weighted by molar-refractivity contribution is -0.137. The number of pyridine rings is 1. The van der Waals surface area contributed by atoms with Gasteiger partial charge in [0.05, 0.1) is 25.6 Å². The number of halogens is 2. The van der Waals surface area contributed by atoms with Crippen molar-refractivity contribution in [3.63, 3.8) is 0 Å². The zero-order valence-corrected chi connectivity index (χ0v) is 17.0. The summed E-state index contributed by atoms with van der Waals surface area (Å²) in [6.45, 7) is -0.00681. The van der Waals surface area contributed by atoms with Crippen LogP contribution >= 0.6 is 0 Å². The van der Waals surface area contributed by atoms with Gasteiger partial charge in [-0.3, -0.25) is 4.79 Å². The van der Waals surface area contributed by atoms with E-state index in [9.17, 15) is 13.6 Å². The van der Waals surface area contributed by atoms with Crippen LogP contribution in [-0.4, -0.2) is 62.5 Å². The second-order valence-electron chi connectivity index (χ2n) is 6.88. The van der Waals surface area contributed by atoms with Crippen LogP contribution in [0.3, 0.4) is 0 Å². The van der Waals surface area contributed by atoms with Crippen LogP contribution in [-0.2, 0) is 18.4 Å². The van der Waals surface area contributed by atoms with E-state index in [1.54, 1.807) is 7.05 Å². The second-order valence-corrected chi connectivity index (χ2v) is 6.88. The Morgan fingerprint density at radius 1 is 1.15 bits per heavy atom. The summed E-state index contributed by atoms with van der Waals surface area (Å²) in [6, 6.07) is 4.13. The molecule has 0 spiro atoms. The van der Waals surface area contributed by atoms with Crippen LogP contribution in [0.1, 0.15) is 6.42 Å². The van der Waals surface area contributed by atoms with Gasteiger partial charge in [-0.05, 0) is 28.6 Å². The van der Waals surface area contributed by atoms with Crippen LogP contribution in [0.5, 0.6) is 11.6 Å². The summed E-state index contributed by atoms with van der Waals surface area (Å²) in [5, 5.41) is 31.7. The Kier molecular flexibility index (Phi) is 5.95. The van der Waals surface area contributed by atoms with Crippen molar-refractivity contribution < 1.29 is 23.4 Å². The third kappa shape index (κ3) is 5.09. The van der Waals surface area contributed by atoms with Gasteiger partial charge in [-0.15, -0.1) is 20.4 Å². The highest BCUT2D eigenvalue weighted by Gasteiger charge is 2.17. The molecule has 170 valence electrons. The predicted molar refractivity (Wildman–Crippen MR) is 106 cm³/mol. The maximum Gasteiger partial charge on any atom is 0.304 e. The number of hydrogen-bond donors (Lipinski definition) is 2. The molecule has 0 aliphatic heterocycles. The number of ether oxygens (including phenoxy) is 1. The zero-order valence-electron chi connectivity index (χ0n) is 17.0. The summed E-state index contributed by atoms with van der Waals surface area (Å²) in [5.41, 5.74) is 6.00. The monoisotopic (exact) mass is 458 g/mol. The molecule has 0 bridgehead atoms. The SMILES string of the molecule is Cn1nnc(-c2cnc(Oc3ccc(-c4nnn(CC(N)CC(=O)O)n4)c(F)c3)c(F)c2)n1. The normalized spacial score (nSPS) is 12.0. The Hall–Kier alpha value is -4.40. The van der Waals surface area contributed by atoms with Crippen molar-refractivity contribution in [3.05, 3.63) is 42.1 Å². The number of carbonyl (C=O) groups is 1. The number of nitrogens with zero attached hydrogens (tertiary/aromatic N) is 9. The predicted octanol–water partition coefficient (Wildman–Crippen LogP) is 0.798. The number of aromatic nitrogens is 9. The van der Waals surface area contributed by atoms with E-state index in [2.05, 4.69) is 35.8 Å². The first-order valence-corrected chi connectivity index (χ1v) is 9.41. The van der Waals surface area contributed by atoms with Crippen molar-refractivity contribution in [1.82, 2.24) is 45.4 Å². The highest BCUT2D eigenvalue weighted by molar-refractivity contribution is 5.67. The van der Waals surface area contributed by atoms with Gasteiger partial charge in [0.25, 0.3) is 5.88 Å². The lowest BCUT2D eigenvalue weighted by Gasteiger charge is -2.08. The first-order valence-electron chi connectivity index (χ1n) is 9.41. The van der Waals surface area contributed by atoms with Crippen molar-refractivity contribution in [2.24, 2.45) is 12.8 Å². The molecule has 1 unspecified atom stereocenters. The van der Waals surface area contributed by atoms with E-state index in [-0.39, 0.29) is 41.8 Å². The topological polar surface area (TPSA) is 173 Å². The number of carboxylic acid groups (broad SMARTS) is 1. The van der Waals surface area contributed by atoms with Gasteiger partial charge in [0, 0.05) is 23.9 Å². The molecule has 0 aliphatic rings. The van der Waals surface area contributed by atoms with Crippen LogP contribution in [0.25, 0.3) is 22.8 Å². The largest absolute Gasteiger partial charge is 0.481 e. The number of hydrogen-bond acceptors (Lipinski definition) is 10. The van der Waals surface area contributed by atoms with Gasteiger partial charge in [0.1, 0.15) is 11.6 Å². The molecule has 1 atom stereocenters. The van der Waals surface area contributed by atoms with Gasteiger partial charge in [0.15, 0.2) is 5.82 Å². The fourth-order valence-corrected chi connectivity index (χ4v) is 2.80. The summed E-state index contributed by atoms with van der Waals surface area (Å²) in [5.74, 6) is -2.83. The molecular weight excluding hydrogens is 442 g/mol. The summed E-state index contributed by atoms with van der Waals surface area (Å²) < 4.78 is 34.4. The molecule has 0 radical (unpaired) electrons. The van der Waals surface area contributed by atoms with Crippen molar-refractivity contribution in [1.29, 1.82) is 0 Å². The minimum absolute atomic E-state index is 0.00681. The molecule has 0 amide bonds. The van der Waals surface area contributed by atoms with Gasteiger partial charge in [-0.25, -0.2) is 13.8 Å². The van der Waals surface area contributed by atoms with Gasteiger partial charge in [0.2, 0.25) is 11.6 Å². The molecule has 0 saturated carbocycles. The average molecular weight is 458 g/mol. The van der Waals surface area contributed by atoms with Crippen LogP contribution < -0.4 is 10.5 Å². The van der Waals surface area contributed by atoms with E-state index in [0.29, 0.717) is 5.56 Å². The molecule has 15 heteroatoms. The molecule has 3 N–H and O–H groups in total. The molecule has 3 aromatic heterocycles.